The number of methoxy groups -OCH3 is 2. The molecule has 0 unspecified atom stereocenters. The molecule has 1 amide bonds. The number of ether oxygens (including phenoxy) is 2. The molecule has 160 valence electrons. The van der Waals surface area contributed by atoms with Crippen molar-refractivity contribution in [2.75, 3.05) is 32.6 Å². The highest BCUT2D eigenvalue weighted by Crippen LogP contribution is 2.36. The summed E-state index contributed by atoms with van der Waals surface area (Å²) in [5.41, 5.74) is 1.05. The summed E-state index contributed by atoms with van der Waals surface area (Å²) in [7, 11) is -0.559. The van der Waals surface area contributed by atoms with Gasteiger partial charge >= 0.3 is 0 Å². The van der Waals surface area contributed by atoms with Crippen LogP contribution in [0.3, 0.4) is 0 Å². The maximum Gasteiger partial charge on any atom is 0.248 e. The van der Waals surface area contributed by atoms with Crippen LogP contribution in [0.25, 0.3) is 6.08 Å². The van der Waals surface area contributed by atoms with E-state index in [1.54, 1.807) is 30.3 Å². The van der Waals surface area contributed by atoms with Crippen LogP contribution in [0.15, 0.2) is 47.4 Å². The molecular formula is C21H23ClN2O5S. The molecule has 0 radical (unpaired) electrons. The summed E-state index contributed by atoms with van der Waals surface area (Å²) in [6, 6.07) is 9.59. The molecule has 9 heteroatoms. The molecule has 1 aliphatic rings. The molecular weight excluding hydrogens is 428 g/mol. The van der Waals surface area contributed by atoms with Crippen molar-refractivity contribution in [1.82, 2.24) is 4.31 Å². The number of hydrogen-bond acceptors (Lipinski definition) is 5. The average Bonchev–Trinajstić information content (AvgIpc) is 3.28. The van der Waals surface area contributed by atoms with Crippen molar-refractivity contribution in [3.05, 3.63) is 53.1 Å². The van der Waals surface area contributed by atoms with Crippen molar-refractivity contribution in [2.45, 2.75) is 17.7 Å². The van der Waals surface area contributed by atoms with E-state index in [9.17, 15) is 13.2 Å². The lowest BCUT2D eigenvalue weighted by molar-refractivity contribution is -0.111. The molecule has 1 saturated heterocycles. The fraction of sp³-hybridized carbons (Fsp3) is 0.286. The zero-order valence-electron chi connectivity index (χ0n) is 16.7. The Morgan fingerprint density at radius 1 is 1.13 bits per heavy atom. The van der Waals surface area contributed by atoms with Gasteiger partial charge in [-0.1, -0.05) is 17.7 Å². The van der Waals surface area contributed by atoms with E-state index >= 15 is 0 Å². The molecule has 7 nitrogen and oxygen atoms in total. The van der Waals surface area contributed by atoms with Crippen LogP contribution in [0.1, 0.15) is 18.4 Å². The van der Waals surface area contributed by atoms with Crippen molar-refractivity contribution in [1.29, 1.82) is 0 Å². The number of nitrogens with one attached hydrogen (secondary N) is 1. The van der Waals surface area contributed by atoms with Gasteiger partial charge in [0, 0.05) is 24.9 Å². The fourth-order valence-corrected chi connectivity index (χ4v) is 5.06. The summed E-state index contributed by atoms with van der Waals surface area (Å²) in [4.78, 5) is 12.5. The first-order chi connectivity index (χ1) is 14.3. The maximum atomic E-state index is 12.7. The SMILES string of the molecule is COc1cc(C=CC(=O)Nc2cccc(S(=O)(=O)N3CCCC3)c2)cc(Cl)c1OC. The van der Waals surface area contributed by atoms with E-state index in [0.29, 0.717) is 40.9 Å². The first kappa shape index (κ1) is 22.1. The monoisotopic (exact) mass is 450 g/mol. The topological polar surface area (TPSA) is 84.9 Å². The third-order valence-corrected chi connectivity index (χ3v) is 6.86. The predicted octanol–water partition coefficient (Wildman–Crippen LogP) is 3.79. The highest BCUT2D eigenvalue weighted by Gasteiger charge is 2.27. The largest absolute Gasteiger partial charge is 0.493 e. The normalized spacial score (nSPS) is 14.8. The molecule has 0 spiro atoms. The Hall–Kier alpha value is -2.55. The van der Waals surface area contributed by atoms with E-state index in [1.165, 1.54) is 36.7 Å². The summed E-state index contributed by atoms with van der Waals surface area (Å²) in [6.45, 7) is 1.05. The number of amides is 1. The van der Waals surface area contributed by atoms with Gasteiger partial charge in [-0.15, -0.1) is 0 Å². The predicted molar refractivity (Wildman–Crippen MR) is 117 cm³/mol. The van der Waals surface area contributed by atoms with Crippen molar-refractivity contribution >= 4 is 39.3 Å². The highest BCUT2D eigenvalue weighted by molar-refractivity contribution is 7.89. The third-order valence-electron chi connectivity index (χ3n) is 4.69. The smallest absolute Gasteiger partial charge is 0.248 e. The summed E-state index contributed by atoms with van der Waals surface area (Å²) in [5, 5.41) is 3.04. The molecule has 30 heavy (non-hydrogen) atoms. The molecule has 2 aromatic carbocycles. The lowest BCUT2D eigenvalue weighted by Gasteiger charge is -2.16. The van der Waals surface area contributed by atoms with Gasteiger partial charge in [0.15, 0.2) is 11.5 Å². The Labute approximate surface area is 181 Å². The molecule has 1 heterocycles. The molecule has 1 N–H and O–H groups in total. The minimum Gasteiger partial charge on any atom is -0.493 e. The van der Waals surface area contributed by atoms with Gasteiger partial charge < -0.3 is 14.8 Å². The Balaban J connectivity index is 1.73. The second-order valence-corrected chi connectivity index (χ2v) is 9.04. The minimum absolute atomic E-state index is 0.165. The Morgan fingerprint density at radius 2 is 1.87 bits per heavy atom. The van der Waals surface area contributed by atoms with Crippen molar-refractivity contribution in [3.63, 3.8) is 0 Å². The third kappa shape index (κ3) is 4.95. The van der Waals surface area contributed by atoms with E-state index in [2.05, 4.69) is 5.32 Å². The second kappa shape index (κ2) is 9.51. The van der Waals surface area contributed by atoms with Gasteiger partial charge in [0.1, 0.15) is 0 Å². The van der Waals surface area contributed by atoms with Crippen molar-refractivity contribution < 1.29 is 22.7 Å². The van der Waals surface area contributed by atoms with Gasteiger partial charge in [-0.05, 0) is 54.8 Å². The van der Waals surface area contributed by atoms with Crippen LogP contribution >= 0.6 is 11.6 Å². The van der Waals surface area contributed by atoms with Crippen LogP contribution in [0.4, 0.5) is 5.69 Å². The van der Waals surface area contributed by atoms with Crippen LogP contribution in [-0.2, 0) is 14.8 Å². The molecule has 0 saturated carbocycles. The van der Waals surface area contributed by atoms with E-state index in [4.69, 9.17) is 21.1 Å². The highest BCUT2D eigenvalue weighted by atomic mass is 35.5. The number of hydrogen-bond donors (Lipinski definition) is 1. The van der Waals surface area contributed by atoms with Crippen LogP contribution in [-0.4, -0.2) is 45.9 Å². The van der Waals surface area contributed by atoms with Crippen molar-refractivity contribution in [2.24, 2.45) is 0 Å². The van der Waals surface area contributed by atoms with E-state index in [-0.39, 0.29) is 4.90 Å². The van der Waals surface area contributed by atoms with Crippen molar-refractivity contribution in [3.8, 4) is 11.5 Å². The second-order valence-electron chi connectivity index (χ2n) is 6.70. The number of carbonyl (C=O) groups is 1. The molecule has 1 fully saturated rings. The summed E-state index contributed by atoms with van der Waals surface area (Å²) >= 11 is 6.17. The molecule has 0 aliphatic carbocycles. The van der Waals surface area contributed by atoms with Crippen LogP contribution in [0.2, 0.25) is 5.02 Å². The number of carbonyl (C=O) groups excluding carboxylic acids is 1. The Morgan fingerprint density at radius 3 is 2.53 bits per heavy atom. The van der Waals surface area contributed by atoms with Crippen LogP contribution in [0.5, 0.6) is 11.5 Å². The fourth-order valence-electron chi connectivity index (χ4n) is 3.20. The lowest BCUT2D eigenvalue weighted by Crippen LogP contribution is -2.27. The summed E-state index contributed by atoms with van der Waals surface area (Å²) in [6.07, 6.45) is 4.63. The Bertz CT molecular complexity index is 1060. The number of anilines is 1. The summed E-state index contributed by atoms with van der Waals surface area (Å²) in [5.74, 6) is 0.457. The van der Waals surface area contributed by atoms with Crippen LogP contribution < -0.4 is 14.8 Å². The van der Waals surface area contributed by atoms with Gasteiger partial charge in [0.25, 0.3) is 0 Å². The molecule has 3 rings (SSSR count). The van der Waals surface area contributed by atoms with E-state index in [1.807, 2.05) is 0 Å². The number of nitrogens with zero attached hydrogens (tertiary/aromatic N) is 1. The zero-order chi connectivity index (χ0) is 21.7. The average molecular weight is 451 g/mol. The molecule has 1 aliphatic heterocycles. The first-order valence-corrected chi connectivity index (χ1v) is 11.2. The molecule has 0 bridgehead atoms. The molecule has 0 atom stereocenters. The minimum atomic E-state index is -3.55. The number of sulfonamides is 1. The zero-order valence-corrected chi connectivity index (χ0v) is 18.3. The number of halogens is 1. The van der Waals surface area contributed by atoms with Gasteiger partial charge in [-0.2, -0.15) is 4.31 Å². The standard InChI is InChI=1S/C21H23ClN2O5S/c1-28-19-13-15(12-18(22)21(19)29-2)8-9-20(25)23-16-6-5-7-17(14-16)30(26,27)24-10-3-4-11-24/h5-9,12-14H,3-4,10-11H2,1-2H3,(H,23,25). The first-order valence-electron chi connectivity index (χ1n) is 9.36. The van der Waals surface area contributed by atoms with Gasteiger partial charge in [0.2, 0.25) is 15.9 Å². The quantitative estimate of drug-likeness (QED) is 0.648. The van der Waals surface area contributed by atoms with E-state index < -0.39 is 15.9 Å². The molecule has 0 aromatic heterocycles. The summed E-state index contributed by atoms with van der Waals surface area (Å²) < 4.78 is 37.3. The maximum absolute atomic E-state index is 12.7. The lowest BCUT2D eigenvalue weighted by atomic mass is 10.2. The van der Waals surface area contributed by atoms with Crippen LogP contribution in [0, 0.1) is 0 Å². The van der Waals surface area contributed by atoms with E-state index in [0.717, 1.165) is 12.8 Å². The van der Waals surface area contributed by atoms with Gasteiger partial charge in [-0.3, -0.25) is 4.79 Å². The van der Waals surface area contributed by atoms with Gasteiger partial charge in [0.05, 0.1) is 24.1 Å². The van der Waals surface area contributed by atoms with Gasteiger partial charge in [-0.25, -0.2) is 8.42 Å². The number of benzene rings is 2. The Kier molecular flexibility index (Phi) is 7.02. The molecule has 2 aromatic rings. The number of rotatable bonds is 7.